The number of hydrazone groups is 1. The maximum Gasteiger partial charge on any atom is 0.162 e. The Hall–Kier alpha value is -6.21. The minimum Gasteiger partial charge on any atom is -0.346 e. The molecule has 52 heavy (non-hydrogen) atoms. The van der Waals surface area contributed by atoms with Crippen molar-refractivity contribution >= 4 is 40.0 Å². The van der Waals surface area contributed by atoms with Gasteiger partial charge in [0.1, 0.15) is 18.0 Å². The van der Waals surface area contributed by atoms with Gasteiger partial charge in [-0.1, -0.05) is 124 Å². The number of fused-ring (bicyclic) bond motifs is 11. The van der Waals surface area contributed by atoms with Crippen molar-refractivity contribution in [2.24, 2.45) is 10.5 Å². The molecular weight excluding hydrogens is 639 g/mol. The van der Waals surface area contributed by atoms with E-state index >= 15 is 0 Å². The number of hydrogen-bond donors (Lipinski definition) is 0. The van der Waals surface area contributed by atoms with Crippen LogP contribution < -0.4 is 19.7 Å². The highest BCUT2D eigenvalue weighted by Crippen LogP contribution is 2.79. The molecule has 1 aliphatic carbocycles. The quantitative estimate of drug-likeness (QED) is 0.173. The van der Waals surface area contributed by atoms with Crippen molar-refractivity contribution in [3.8, 4) is 11.4 Å². The van der Waals surface area contributed by atoms with E-state index in [2.05, 4.69) is 164 Å². The Balaban J connectivity index is 1.22. The summed E-state index contributed by atoms with van der Waals surface area (Å²) in [5.74, 6) is 2.54. The number of anilines is 5. The molecule has 1 fully saturated rings. The van der Waals surface area contributed by atoms with Crippen molar-refractivity contribution in [1.82, 2.24) is 9.97 Å². The number of aryl methyl sites for hydroxylation is 1. The molecule has 5 aromatic rings. The van der Waals surface area contributed by atoms with Gasteiger partial charge in [-0.3, -0.25) is 4.90 Å². The number of aromatic nitrogens is 2. The number of nitrogens with zero attached hydrogens (tertiary/aromatic N) is 7. The fourth-order valence-electron chi connectivity index (χ4n) is 9.74. The van der Waals surface area contributed by atoms with Gasteiger partial charge in [0.05, 0.1) is 17.6 Å². The van der Waals surface area contributed by atoms with Crippen LogP contribution >= 0.6 is 0 Å². The Labute approximate surface area is 304 Å². The summed E-state index contributed by atoms with van der Waals surface area (Å²) in [7, 11) is 2.19. The summed E-state index contributed by atoms with van der Waals surface area (Å²) < 4.78 is 0. The fraction of sp³-hybridized carbons (Fsp3) is 0.178. The Morgan fingerprint density at radius 2 is 1.48 bits per heavy atom. The summed E-state index contributed by atoms with van der Waals surface area (Å²) in [6.45, 7) is 15.2. The van der Waals surface area contributed by atoms with E-state index in [9.17, 15) is 0 Å². The van der Waals surface area contributed by atoms with Crippen LogP contribution in [-0.2, 0) is 5.41 Å². The summed E-state index contributed by atoms with van der Waals surface area (Å²) in [4.78, 5) is 17.5. The highest BCUT2D eigenvalue weighted by Gasteiger charge is 2.79. The van der Waals surface area contributed by atoms with Crippen molar-refractivity contribution in [2.75, 3.05) is 26.8 Å². The van der Waals surface area contributed by atoms with E-state index in [4.69, 9.17) is 15.1 Å². The molecule has 0 spiro atoms. The van der Waals surface area contributed by atoms with Gasteiger partial charge >= 0.3 is 0 Å². The van der Waals surface area contributed by atoms with Crippen molar-refractivity contribution < 1.29 is 0 Å². The Bertz CT molecular complexity index is 2460. The molecule has 0 bridgehead atoms. The average molecular weight is 678 g/mol. The lowest BCUT2D eigenvalue weighted by Gasteiger charge is -2.42. The molecule has 0 amide bonds. The first-order valence-corrected chi connectivity index (χ1v) is 17.9. The first-order valence-electron chi connectivity index (χ1n) is 17.9. The van der Waals surface area contributed by atoms with Gasteiger partial charge in [0, 0.05) is 45.8 Å². The number of amidine groups is 1. The average Bonchev–Trinajstić information content (AvgIpc) is 3.54. The molecule has 4 unspecified atom stereocenters. The van der Waals surface area contributed by atoms with Crippen LogP contribution in [0, 0.1) is 12.3 Å². The summed E-state index contributed by atoms with van der Waals surface area (Å²) in [5, 5.41) is 7.71. The SMILES string of the molecule is C=C/C=C(\C=C)C1=NN2c3ccccc3C3(C)/C(=C4\c5ccccc5N5c6nc(-c7ccccc7C)ncc6N(C)C45)C3(C)C2N1c1ccccc1. The van der Waals surface area contributed by atoms with Crippen LogP contribution in [0.2, 0.25) is 0 Å². The zero-order chi connectivity index (χ0) is 35.5. The van der Waals surface area contributed by atoms with Gasteiger partial charge in [-0.2, -0.15) is 5.10 Å². The standard InChI is InChI=1S/C45H39N7/c1-7-18-29(8-2)40-48-52-35-26-17-15-24-33(35)44(4)38(45(44,5)43(52)50(40)30-20-10-9-11-21-30)37-32-23-14-16-25-34(32)51-41-36(49(6)42(37)51)27-46-39(47-41)31-22-13-12-19-28(31)3/h7-27,42-43H,1-2H2,3-6H3/b29-18+,38-37-. The monoisotopic (exact) mass is 677 g/mol. The van der Waals surface area contributed by atoms with E-state index in [1.54, 1.807) is 0 Å². The topological polar surface area (TPSA) is 51.1 Å². The summed E-state index contributed by atoms with van der Waals surface area (Å²) in [5.41, 5.74) is 12.2. The smallest absolute Gasteiger partial charge is 0.162 e. The second-order valence-corrected chi connectivity index (χ2v) is 14.6. The molecule has 4 aliphatic heterocycles. The van der Waals surface area contributed by atoms with Gasteiger partial charge in [0.25, 0.3) is 0 Å². The van der Waals surface area contributed by atoms with Crippen LogP contribution in [0.25, 0.3) is 17.0 Å². The summed E-state index contributed by atoms with van der Waals surface area (Å²) >= 11 is 0. The van der Waals surface area contributed by atoms with Gasteiger partial charge in [0.15, 0.2) is 17.5 Å². The molecule has 1 saturated carbocycles. The van der Waals surface area contributed by atoms with E-state index < -0.39 is 0 Å². The third-order valence-corrected chi connectivity index (χ3v) is 12.3. The lowest BCUT2D eigenvalue weighted by Crippen LogP contribution is -2.52. The zero-order valence-corrected chi connectivity index (χ0v) is 29.8. The van der Waals surface area contributed by atoms with Gasteiger partial charge in [0.2, 0.25) is 0 Å². The largest absolute Gasteiger partial charge is 0.346 e. The number of benzene rings is 4. The molecule has 4 atom stereocenters. The second kappa shape index (κ2) is 10.7. The number of allylic oxidation sites excluding steroid dienone is 2. The Kier molecular flexibility index (Phi) is 6.27. The second-order valence-electron chi connectivity index (χ2n) is 14.6. The van der Waals surface area contributed by atoms with Crippen LogP contribution in [0.3, 0.4) is 0 Å². The number of para-hydroxylation sites is 3. The van der Waals surface area contributed by atoms with Gasteiger partial charge in [-0.25, -0.2) is 15.0 Å². The molecule has 0 saturated heterocycles. The van der Waals surface area contributed by atoms with Crippen molar-refractivity contribution in [1.29, 1.82) is 0 Å². The van der Waals surface area contributed by atoms with Crippen LogP contribution in [-0.4, -0.2) is 35.2 Å². The molecule has 1 aromatic heterocycles. The van der Waals surface area contributed by atoms with Gasteiger partial charge < -0.3 is 9.80 Å². The van der Waals surface area contributed by atoms with E-state index in [-0.39, 0.29) is 23.2 Å². The van der Waals surface area contributed by atoms with Crippen LogP contribution in [0.15, 0.2) is 157 Å². The van der Waals surface area contributed by atoms with E-state index in [1.165, 1.54) is 28.0 Å². The third kappa shape index (κ3) is 3.67. The molecule has 4 aromatic carbocycles. The van der Waals surface area contributed by atoms with E-state index in [1.807, 2.05) is 24.4 Å². The minimum absolute atomic E-state index is 0.0833. The summed E-state index contributed by atoms with van der Waals surface area (Å²) in [6, 6.07) is 36.7. The first-order chi connectivity index (χ1) is 25.3. The summed E-state index contributed by atoms with van der Waals surface area (Å²) in [6.07, 6.45) is 7.49. The maximum absolute atomic E-state index is 5.44. The number of rotatable bonds is 5. The first kappa shape index (κ1) is 30.6. The molecule has 254 valence electrons. The molecule has 7 heteroatoms. The zero-order valence-electron chi connectivity index (χ0n) is 29.8. The van der Waals surface area contributed by atoms with Crippen LogP contribution in [0.1, 0.15) is 30.5 Å². The minimum atomic E-state index is -0.338. The van der Waals surface area contributed by atoms with Crippen LogP contribution in [0.5, 0.6) is 0 Å². The van der Waals surface area contributed by atoms with E-state index in [0.29, 0.717) is 0 Å². The lowest BCUT2D eigenvalue weighted by molar-refractivity contribution is 0.366. The lowest BCUT2D eigenvalue weighted by atomic mass is 9.81. The van der Waals surface area contributed by atoms with Gasteiger partial charge in [-0.05, 0) is 47.9 Å². The molecular formula is C45H39N7. The molecule has 0 N–H and O–H groups in total. The molecule has 0 radical (unpaired) electrons. The maximum atomic E-state index is 5.44. The molecule has 5 heterocycles. The fourth-order valence-corrected chi connectivity index (χ4v) is 9.74. The van der Waals surface area contributed by atoms with E-state index in [0.717, 1.165) is 51.2 Å². The predicted molar refractivity (Wildman–Crippen MR) is 213 cm³/mol. The number of likely N-dealkylation sites (N-methyl/N-ethyl adjacent to an activating group) is 1. The predicted octanol–water partition coefficient (Wildman–Crippen LogP) is 9.39. The third-order valence-electron chi connectivity index (χ3n) is 12.3. The van der Waals surface area contributed by atoms with Gasteiger partial charge in [-0.15, -0.1) is 0 Å². The molecule has 10 rings (SSSR count). The highest BCUT2D eigenvalue weighted by atomic mass is 15.6. The van der Waals surface area contributed by atoms with Crippen molar-refractivity contribution in [2.45, 2.75) is 38.5 Å². The van der Waals surface area contributed by atoms with Crippen molar-refractivity contribution in [3.63, 3.8) is 0 Å². The number of hydrogen-bond acceptors (Lipinski definition) is 7. The van der Waals surface area contributed by atoms with Crippen LogP contribution in [0.4, 0.5) is 28.6 Å². The van der Waals surface area contributed by atoms with Crippen molar-refractivity contribution in [3.05, 3.63) is 169 Å². The Morgan fingerprint density at radius 3 is 2.23 bits per heavy atom. The normalized spacial score (nSPS) is 26.2. The highest BCUT2D eigenvalue weighted by molar-refractivity contribution is 6.15. The Morgan fingerprint density at radius 1 is 0.788 bits per heavy atom. The molecule has 7 nitrogen and oxygen atoms in total. The molecule has 5 aliphatic rings.